The number of aliphatic hydroxyl groups excluding tert-OH is 1. The first kappa shape index (κ1) is 22.8. The third kappa shape index (κ3) is 5.45. The Labute approximate surface area is 182 Å². The Morgan fingerprint density at radius 2 is 1.74 bits per heavy atom. The smallest absolute Gasteiger partial charge is 0.272 e. The molecule has 3 aromatic rings. The van der Waals surface area contributed by atoms with Crippen LogP contribution in [0, 0.1) is 24.4 Å². The third-order valence-corrected chi connectivity index (χ3v) is 6.03. The summed E-state index contributed by atoms with van der Waals surface area (Å²) >= 11 is 1.23. The maximum Gasteiger partial charge on any atom is 0.272 e. The van der Waals surface area contributed by atoms with Gasteiger partial charge in [0.2, 0.25) is 0 Å². The lowest BCUT2D eigenvalue weighted by Crippen LogP contribution is -2.30. The zero-order valence-corrected chi connectivity index (χ0v) is 17.8. The first-order valence-corrected chi connectivity index (χ1v) is 10.4. The van der Waals surface area contributed by atoms with Crippen LogP contribution in [0.25, 0.3) is 0 Å². The lowest BCUT2D eigenvalue weighted by molar-refractivity contribution is 0.0761. The number of likely N-dealkylation sites (N-methyl/N-ethyl adjacent to an activating group) is 1. The second-order valence-corrected chi connectivity index (χ2v) is 8.17. The molecule has 0 saturated carbocycles. The van der Waals surface area contributed by atoms with E-state index in [9.17, 15) is 18.0 Å². The quantitative estimate of drug-likeness (QED) is 0.532. The monoisotopic (exact) mass is 446 g/mol. The minimum Gasteiger partial charge on any atom is -0.395 e. The van der Waals surface area contributed by atoms with E-state index in [0.717, 1.165) is 18.2 Å². The van der Waals surface area contributed by atoms with Crippen LogP contribution >= 0.6 is 11.8 Å². The number of pyridine rings is 1. The van der Waals surface area contributed by atoms with Crippen molar-refractivity contribution in [3.63, 3.8) is 0 Å². The van der Waals surface area contributed by atoms with Crippen molar-refractivity contribution in [2.45, 2.75) is 17.1 Å². The van der Waals surface area contributed by atoms with E-state index in [1.165, 1.54) is 35.0 Å². The number of rotatable bonds is 7. The molecular weight excluding hydrogens is 425 g/mol. The Bertz CT molecular complexity index is 1080. The summed E-state index contributed by atoms with van der Waals surface area (Å²) in [5.74, 6) is -1.92. The van der Waals surface area contributed by atoms with Gasteiger partial charge < -0.3 is 10.0 Å². The van der Waals surface area contributed by atoms with Crippen molar-refractivity contribution in [1.29, 1.82) is 0 Å². The molecule has 1 unspecified atom stereocenters. The van der Waals surface area contributed by atoms with Crippen molar-refractivity contribution >= 4 is 17.7 Å². The molecule has 1 heterocycles. The Kier molecular flexibility index (Phi) is 7.35. The first-order valence-electron chi connectivity index (χ1n) is 9.50. The van der Waals surface area contributed by atoms with Crippen LogP contribution in [0.1, 0.15) is 32.4 Å². The summed E-state index contributed by atoms with van der Waals surface area (Å²) in [5.41, 5.74) is 1.57. The topological polar surface area (TPSA) is 53.4 Å². The molecule has 0 aliphatic rings. The van der Waals surface area contributed by atoms with Gasteiger partial charge in [-0.3, -0.25) is 9.78 Å². The van der Waals surface area contributed by atoms with E-state index in [2.05, 4.69) is 4.98 Å². The fourth-order valence-electron chi connectivity index (χ4n) is 3.06. The minimum atomic E-state index is -0.673. The summed E-state index contributed by atoms with van der Waals surface area (Å²) in [7, 11) is 1.55. The van der Waals surface area contributed by atoms with Crippen LogP contribution in [0.5, 0.6) is 0 Å². The molecule has 0 fully saturated rings. The summed E-state index contributed by atoms with van der Waals surface area (Å²) < 4.78 is 41.9. The van der Waals surface area contributed by atoms with E-state index in [0.29, 0.717) is 16.0 Å². The number of halogens is 3. The van der Waals surface area contributed by atoms with E-state index < -0.39 is 22.7 Å². The van der Waals surface area contributed by atoms with Crippen molar-refractivity contribution in [1.82, 2.24) is 9.88 Å². The molecular formula is C23H21F3N2O2S. The van der Waals surface area contributed by atoms with Gasteiger partial charge in [-0.2, -0.15) is 0 Å². The SMILES string of the molecule is Cc1cc(C(=O)N(C)CCO)ncc1C(Sc1ccc(F)cc1)c1cc(F)ccc1F. The number of aliphatic hydroxyl groups is 1. The largest absolute Gasteiger partial charge is 0.395 e. The number of thioether (sulfide) groups is 1. The van der Waals surface area contributed by atoms with Gasteiger partial charge in [-0.05, 0) is 66.6 Å². The van der Waals surface area contributed by atoms with Gasteiger partial charge in [0.15, 0.2) is 0 Å². The number of aryl methyl sites for hydroxylation is 1. The van der Waals surface area contributed by atoms with Gasteiger partial charge in [0, 0.05) is 30.2 Å². The average Bonchev–Trinajstić information content (AvgIpc) is 2.75. The summed E-state index contributed by atoms with van der Waals surface area (Å²) in [6.07, 6.45) is 1.47. The molecule has 0 radical (unpaired) electrons. The molecule has 4 nitrogen and oxygen atoms in total. The number of nitrogens with zero attached hydrogens (tertiary/aromatic N) is 2. The first-order chi connectivity index (χ1) is 14.8. The molecule has 2 aromatic carbocycles. The molecule has 31 heavy (non-hydrogen) atoms. The fraction of sp³-hybridized carbons (Fsp3) is 0.217. The number of hydrogen-bond acceptors (Lipinski definition) is 4. The number of aromatic nitrogens is 1. The molecule has 1 amide bonds. The summed E-state index contributed by atoms with van der Waals surface area (Å²) in [6, 6.07) is 10.5. The Morgan fingerprint density at radius 1 is 1.06 bits per heavy atom. The van der Waals surface area contributed by atoms with Crippen LogP contribution < -0.4 is 0 Å². The molecule has 1 N–H and O–H groups in total. The predicted octanol–water partition coefficient (Wildman–Crippen LogP) is 4.75. The van der Waals surface area contributed by atoms with Crippen molar-refractivity contribution in [3.05, 3.63) is 94.6 Å². The summed E-state index contributed by atoms with van der Waals surface area (Å²) in [5, 5.41) is 8.36. The van der Waals surface area contributed by atoms with E-state index in [1.807, 2.05) is 0 Å². The summed E-state index contributed by atoms with van der Waals surface area (Å²) in [6.45, 7) is 1.75. The van der Waals surface area contributed by atoms with Crippen LogP contribution in [0.2, 0.25) is 0 Å². The maximum absolute atomic E-state index is 14.7. The van der Waals surface area contributed by atoms with Gasteiger partial charge in [0.1, 0.15) is 23.1 Å². The molecule has 0 aliphatic heterocycles. The van der Waals surface area contributed by atoms with Crippen LogP contribution in [0.15, 0.2) is 59.6 Å². The average molecular weight is 446 g/mol. The lowest BCUT2D eigenvalue weighted by atomic mass is 10.0. The second-order valence-electron chi connectivity index (χ2n) is 6.99. The van der Waals surface area contributed by atoms with Gasteiger partial charge in [-0.25, -0.2) is 13.2 Å². The van der Waals surface area contributed by atoms with E-state index >= 15 is 0 Å². The van der Waals surface area contributed by atoms with Gasteiger partial charge in [0.25, 0.3) is 5.91 Å². The summed E-state index contributed by atoms with van der Waals surface area (Å²) in [4.78, 5) is 18.7. The van der Waals surface area contributed by atoms with Crippen molar-refractivity contribution < 1.29 is 23.1 Å². The Balaban J connectivity index is 2.03. The number of benzene rings is 2. The van der Waals surface area contributed by atoms with Crippen molar-refractivity contribution in [2.75, 3.05) is 20.2 Å². The molecule has 162 valence electrons. The van der Waals surface area contributed by atoms with E-state index in [4.69, 9.17) is 5.11 Å². The molecule has 0 aliphatic carbocycles. The number of amides is 1. The highest BCUT2D eigenvalue weighted by Crippen LogP contribution is 2.42. The normalized spacial score (nSPS) is 11.9. The minimum absolute atomic E-state index is 0.121. The number of carbonyl (C=O) groups is 1. The predicted molar refractivity (Wildman–Crippen MR) is 113 cm³/mol. The molecule has 1 aromatic heterocycles. The van der Waals surface area contributed by atoms with Gasteiger partial charge in [0.05, 0.1) is 11.9 Å². The van der Waals surface area contributed by atoms with E-state index in [-0.39, 0.29) is 30.3 Å². The fourth-order valence-corrected chi connectivity index (χ4v) is 4.31. The van der Waals surface area contributed by atoms with Crippen LogP contribution in [-0.2, 0) is 0 Å². The van der Waals surface area contributed by atoms with Gasteiger partial charge in [-0.1, -0.05) is 0 Å². The Morgan fingerprint density at radius 3 is 2.39 bits per heavy atom. The zero-order valence-electron chi connectivity index (χ0n) is 17.0. The lowest BCUT2D eigenvalue weighted by Gasteiger charge is -2.21. The van der Waals surface area contributed by atoms with Crippen LogP contribution in [0.3, 0.4) is 0 Å². The highest BCUT2D eigenvalue weighted by molar-refractivity contribution is 7.99. The highest BCUT2D eigenvalue weighted by Gasteiger charge is 2.24. The maximum atomic E-state index is 14.7. The second kappa shape index (κ2) is 9.98. The zero-order chi connectivity index (χ0) is 22.5. The third-order valence-electron chi connectivity index (χ3n) is 4.74. The van der Waals surface area contributed by atoms with Crippen molar-refractivity contribution in [2.24, 2.45) is 0 Å². The van der Waals surface area contributed by atoms with Crippen molar-refractivity contribution in [3.8, 4) is 0 Å². The van der Waals surface area contributed by atoms with Crippen LogP contribution in [-0.4, -0.2) is 41.1 Å². The number of hydrogen-bond donors (Lipinski definition) is 1. The molecule has 0 bridgehead atoms. The molecule has 0 spiro atoms. The molecule has 1 atom stereocenters. The van der Waals surface area contributed by atoms with Gasteiger partial charge >= 0.3 is 0 Å². The molecule has 0 saturated heterocycles. The molecule has 8 heteroatoms. The van der Waals surface area contributed by atoms with E-state index in [1.54, 1.807) is 32.2 Å². The van der Waals surface area contributed by atoms with Gasteiger partial charge in [-0.15, -0.1) is 11.8 Å². The standard InChI is InChI=1S/C23H21F3N2O2S/c1-14-11-21(23(30)28(2)9-10-29)27-13-19(14)22(18-12-16(25)5-8-20(18)26)31-17-6-3-15(24)4-7-17/h3-8,11-13,22,29H,9-10H2,1-2H3. The molecule has 3 rings (SSSR count). The Hall–Kier alpha value is -2.84. The number of carbonyl (C=O) groups excluding carboxylic acids is 1. The highest BCUT2D eigenvalue weighted by atomic mass is 32.2. The van der Waals surface area contributed by atoms with Crippen LogP contribution in [0.4, 0.5) is 13.2 Å².